The lowest BCUT2D eigenvalue weighted by Gasteiger charge is -2.28. The Labute approximate surface area is 118 Å². The zero-order chi connectivity index (χ0) is 13.4. The number of aromatic nitrogens is 1. The van der Waals surface area contributed by atoms with E-state index in [4.69, 9.17) is 0 Å². The molecule has 1 aliphatic heterocycles. The summed E-state index contributed by atoms with van der Waals surface area (Å²) in [6.07, 6.45) is 4.11. The third-order valence-corrected chi connectivity index (χ3v) is 4.08. The Morgan fingerprint density at radius 2 is 1.85 bits per heavy atom. The number of nitrogens with zero attached hydrogens (tertiary/aromatic N) is 1. The van der Waals surface area contributed by atoms with Gasteiger partial charge < -0.3 is 5.32 Å². The van der Waals surface area contributed by atoms with Gasteiger partial charge in [0.15, 0.2) is 0 Å². The molecular weight excluding hydrogens is 244 g/mol. The lowest BCUT2D eigenvalue weighted by atomic mass is 9.92. The Morgan fingerprint density at radius 1 is 0.950 bits per heavy atom. The molecule has 1 aliphatic rings. The van der Waals surface area contributed by atoms with Crippen LogP contribution in [0.3, 0.4) is 0 Å². The van der Waals surface area contributed by atoms with Crippen molar-refractivity contribution in [3.63, 3.8) is 0 Å². The number of hydrogen-bond donors (Lipinski definition) is 1. The molecule has 98 valence electrons. The van der Waals surface area contributed by atoms with E-state index in [9.17, 15) is 0 Å². The van der Waals surface area contributed by atoms with Crippen LogP contribution in [-0.2, 0) is 6.42 Å². The molecule has 0 radical (unpaired) electrons. The SMILES string of the molecule is c1ccc(C2CCc3ccc4cccnc4c3N2)cc1. The van der Waals surface area contributed by atoms with Crippen molar-refractivity contribution in [2.24, 2.45) is 0 Å². The van der Waals surface area contributed by atoms with E-state index in [-0.39, 0.29) is 0 Å². The topological polar surface area (TPSA) is 24.9 Å². The molecule has 2 nitrogen and oxygen atoms in total. The second-order valence-corrected chi connectivity index (χ2v) is 5.32. The number of rotatable bonds is 1. The maximum Gasteiger partial charge on any atom is 0.0936 e. The zero-order valence-electron chi connectivity index (χ0n) is 11.2. The average Bonchev–Trinajstić information content (AvgIpc) is 2.55. The van der Waals surface area contributed by atoms with Crippen LogP contribution < -0.4 is 5.32 Å². The molecule has 0 bridgehead atoms. The van der Waals surface area contributed by atoms with Crippen molar-refractivity contribution in [2.75, 3.05) is 5.32 Å². The molecule has 0 amide bonds. The smallest absolute Gasteiger partial charge is 0.0936 e. The second-order valence-electron chi connectivity index (χ2n) is 5.32. The molecule has 1 unspecified atom stereocenters. The first kappa shape index (κ1) is 11.5. The Kier molecular flexibility index (Phi) is 2.66. The molecule has 2 heteroatoms. The van der Waals surface area contributed by atoms with Gasteiger partial charge in [0.1, 0.15) is 0 Å². The van der Waals surface area contributed by atoms with Crippen molar-refractivity contribution in [3.8, 4) is 0 Å². The molecule has 4 rings (SSSR count). The first-order valence-electron chi connectivity index (χ1n) is 7.10. The molecule has 2 aromatic carbocycles. The van der Waals surface area contributed by atoms with Crippen LogP contribution in [0, 0.1) is 0 Å². The number of benzene rings is 2. The Bertz CT molecular complexity index is 750. The summed E-state index contributed by atoms with van der Waals surface area (Å²) < 4.78 is 0. The Hall–Kier alpha value is -2.35. The van der Waals surface area contributed by atoms with Crippen molar-refractivity contribution in [2.45, 2.75) is 18.9 Å². The van der Waals surface area contributed by atoms with E-state index in [0.29, 0.717) is 6.04 Å². The molecule has 3 aromatic rings. The normalized spacial score (nSPS) is 17.5. The highest BCUT2D eigenvalue weighted by Gasteiger charge is 2.21. The highest BCUT2D eigenvalue weighted by molar-refractivity contribution is 5.92. The molecule has 1 aromatic heterocycles. The van der Waals surface area contributed by atoms with Gasteiger partial charge >= 0.3 is 0 Å². The standard InChI is InChI=1S/C18H16N2/c1-2-5-13(6-3-1)16-11-10-15-9-8-14-7-4-12-19-17(14)18(15)20-16/h1-9,12,16,20H,10-11H2. The summed E-state index contributed by atoms with van der Waals surface area (Å²) in [5.74, 6) is 0. The number of fused-ring (bicyclic) bond motifs is 3. The fourth-order valence-electron chi connectivity index (χ4n) is 3.04. The van der Waals surface area contributed by atoms with E-state index in [1.807, 2.05) is 12.3 Å². The molecule has 0 spiro atoms. The van der Waals surface area contributed by atoms with Gasteiger partial charge in [-0.3, -0.25) is 4.98 Å². The number of hydrogen-bond acceptors (Lipinski definition) is 2. The maximum absolute atomic E-state index is 4.56. The molecule has 0 saturated heterocycles. The molecule has 2 heterocycles. The molecular formula is C18H16N2. The summed E-state index contributed by atoms with van der Waals surface area (Å²) in [5, 5.41) is 4.90. The number of anilines is 1. The molecule has 0 saturated carbocycles. The molecule has 1 N–H and O–H groups in total. The van der Waals surface area contributed by atoms with Crippen LogP contribution in [0.1, 0.15) is 23.6 Å². The number of nitrogens with one attached hydrogen (secondary N) is 1. The summed E-state index contributed by atoms with van der Waals surface area (Å²) in [6, 6.07) is 19.6. The minimum atomic E-state index is 0.385. The summed E-state index contributed by atoms with van der Waals surface area (Å²) >= 11 is 0. The van der Waals surface area contributed by atoms with Crippen molar-refractivity contribution in [3.05, 3.63) is 71.9 Å². The zero-order valence-corrected chi connectivity index (χ0v) is 11.2. The van der Waals surface area contributed by atoms with Crippen LogP contribution in [-0.4, -0.2) is 4.98 Å². The third kappa shape index (κ3) is 1.85. The van der Waals surface area contributed by atoms with Gasteiger partial charge in [-0.2, -0.15) is 0 Å². The highest BCUT2D eigenvalue weighted by atomic mass is 14.9. The van der Waals surface area contributed by atoms with Crippen molar-refractivity contribution < 1.29 is 0 Å². The largest absolute Gasteiger partial charge is 0.376 e. The lowest BCUT2D eigenvalue weighted by Crippen LogP contribution is -2.18. The molecule has 1 atom stereocenters. The van der Waals surface area contributed by atoms with E-state index in [1.165, 1.54) is 22.2 Å². The van der Waals surface area contributed by atoms with Gasteiger partial charge in [0.2, 0.25) is 0 Å². The van der Waals surface area contributed by atoms with Gasteiger partial charge in [-0.05, 0) is 30.0 Å². The number of pyridine rings is 1. The van der Waals surface area contributed by atoms with Gasteiger partial charge in [-0.25, -0.2) is 0 Å². The van der Waals surface area contributed by atoms with E-state index in [0.717, 1.165) is 18.4 Å². The summed E-state index contributed by atoms with van der Waals surface area (Å²) in [5.41, 5.74) is 5.03. The first-order chi connectivity index (χ1) is 9.92. The first-order valence-corrected chi connectivity index (χ1v) is 7.10. The van der Waals surface area contributed by atoms with Gasteiger partial charge in [-0.15, -0.1) is 0 Å². The van der Waals surface area contributed by atoms with E-state index in [2.05, 4.69) is 58.8 Å². The Morgan fingerprint density at radius 3 is 2.75 bits per heavy atom. The van der Waals surface area contributed by atoms with Crippen LogP contribution in [0.25, 0.3) is 10.9 Å². The third-order valence-electron chi connectivity index (χ3n) is 4.08. The lowest BCUT2D eigenvalue weighted by molar-refractivity contribution is 0.669. The minimum Gasteiger partial charge on any atom is -0.376 e. The van der Waals surface area contributed by atoms with Gasteiger partial charge in [0, 0.05) is 11.6 Å². The van der Waals surface area contributed by atoms with Crippen molar-refractivity contribution in [1.29, 1.82) is 0 Å². The quantitative estimate of drug-likeness (QED) is 0.704. The van der Waals surface area contributed by atoms with Crippen LogP contribution >= 0.6 is 0 Å². The fraction of sp³-hybridized carbons (Fsp3) is 0.167. The van der Waals surface area contributed by atoms with Crippen LogP contribution in [0.15, 0.2) is 60.8 Å². The maximum atomic E-state index is 4.56. The monoisotopic (exact) mass is 260 g/mol. The average molecular weight is 260 g/mol. The molecule has 0 fully saturated rings. The van der Waals surface area contributed by atoms with E-state index in [1.54, 1.807) is 0 Å². The van der Waals surface area contributed by atoms with Crippen LogP contribution in [0.2, 0.25) is 0 Å². The van der Waals surface area contributed by atoms with Crippen LogP contribution in [0.4, 0.5) is 5.69 Å². The summed E-state index contributed by atoms with van der Waals surface area (Å²) in [6.45, 7) is 0. The van der Waals surface area contributed by atoms with Gasteiger partial charge in [0.05, 0.1) is 17.2 Å². The predicted octanol–water partition coefficient (Wildman–Crippen LogP) is 4.33. The van der Waals surface area contributed by atoms with E-state index < -0.39 is 0 Å². The van der Waals surface area contributed by atoms with Gasteiger partial charge in [-0.1, -0.05) is 48.5 Å². The summed E-state index contributed by atoms with van der Waals surface area (Å²) in [4.78, 5) is 4.56. The summed E-state index contributed by atoms with van der Waals surface area (Å²) in [7, 11) is 0. The van der Waals surface area contributed by atoms with Crippen molar-refractivity contribution >= 4 is 16.6 Å². The highest BCUT2D eigenvalue weighted by Crippen LogP contribution is 2.36. The van der Waals surface area contributed by atoms with Crippen LogP contribution in [0.5, 0.6) is 0 Å². The molecule has 0 aliphatic carbocycles. The Balaban J connectivity index is 1.80. The van der Waals surface area contributed by atoms with Crippen molar-refractivity contribution in [1.82, 2.24) is 4.98 Å². The fourth-order valence-corrected chi connectivity index (χ4v) is 3.04. The molecule has 20 heavy (non-hydrogen) atoms. The number of aryl methyl sites for hydroxylation is 1. The predicted molar refractivity (Wildman–Crippen MR) is 82.9 cm³/mol. The van der Waals surface area contributed by atoms with Gasteiger partial charge in [0.25, 0.3) is 0 Å². The minimum absolute atomic E-state index is 0.385. The second kappa shape index (κ2) is 4.64. The van der Waals surface area contributed by atoms with E-state index >= 15 is 0 Å².